The number of hydrogen-bond donors (Lipinski definition) is 1. The quantitative estimate of drug-likeness (QED) is 0.581. The lowest BCUT2D eigenvalue weighted by atomic mass is 9.87. The minimum absolute atomic E-state index is 0.00774. The van der Waals surface area contributed by atoms with Crippen molar-refractivity contribution < 1.29 is 9.59 Å². The van der Waals surface area contributed by atoms with Gasteiger partial charge < -0.3 is 0 Å². The van der Waals surface area contributed by atoms with Crippen LogP contribution in [-0.2, 0) is 10.2 Å². The highest BCUT2D eigenvalue weighted by Crippen LogP contribution is 2.31. The molecule has 1 fully saturated rings. The molecular weight excluding hydrogens is 388 g/mol. The molecule has 1 aliphatic rings. The van der Waals surface area contributed by atoms with Crippen LogP contribution in [0.2, 0.25) is 0 Å². The molecule has 1 N–H and O–H groups in total. The first-order chi connectivity index (χ1) is 13.1. The van der Waals surface area contributed by atoms with Crippen LogP contribution in [0.4, 0.5) is 0 Å². The zero-order valence-electron chi connectivity index (χ0n) is 16.3. The molecule has 1 saturated heterocycles. The second-order valence-electron chi connectivity index (χ2n) is 7.70. The van der Waals surface area contributed by atoms with Crippen LogP contribution in [0.25, 0.3) is 6.08 Å². The van der Waals surface area contributed by atoms with Crippen LogP contribution < -0.4 is 5.43 Å². The molecule has 6 heteroatoms. The number of nitrogens with one attached hydrogen (secondary N) is 1. The average Bonchev–Trinajstić information content (AvgIpc) is 2.90. The van der Waals surface area contributed by atoms with Gasteiger partial charge >= 0.3 is 0 Å². The number of nitrogens with zero attached hydrogens (tertiary/aromatic N) is 1. The molecule has 4 nitrogen and oxygen atoms in total. The summed E-state index contributed by atoms with van der Waals surface area (Å²) in [5.41, 5.74) is 6.30. The Bertz CT molecular complexity index is 956. The smallest absolute Gasteiger partial charge is 0.267 e. The van der Waals surface area contributed by atoms with Gasteiger partial charge in [-0.05, 0) is 53.9 Å². The first kappa shape index (κ1) is 20.3. The molecule has 0 aromatic heterocycles. The van der Waals surface area contributed by atoms with Crippen molar-refractivity contribution in [3.05, 3.63) is 75.7 Å². The summed E-state index contributed by atoms with van der Waals surface area (Å²) in [4.78, 5) is 25.7. The summed E-state index contributed by atoms with van der Waals surface area (Å²) in [6.45, 7) is 8.35. The topological polar surface area (TPSA) is 49.4 Å². The number of aryl methyl sites for hydroxylation is 1. The van der Waals surface area contributed by atoms with Crippen molar-refractivity contribution in [3.63, 3.8) is 0 Å². The zero-order valence-corrected chi connectivity index (χ0v) is 17.9. The Kier molecular flexibility index (Phi) is 5.72. The van der Waals surface area contributed by atoms with Crippen LogP contribution in [0.1, 0.15) is 47.8 Å². The maximum Gasteiger partial charge on any atom is 0.285 e. The van der Waals surface area contributed by atoms with Crippen molar-refractivity contribution in [2.24, 2.45) is 0 Å². The van der Waals surface area contributed by atoms with Crippen molar-refractivity contribution in [2.75, 3.05) is 0 Å². The summed E-state index contributed by atoms with van der Waals surface area (Å²) in [6.07, 6.45) is 1.78. The van der Waals surface area contributed by atoms with Crippen molar-refractivity contribution in [3.8, 4) is 0 Å². The molecule has 0 unspecified atom stereocenters. The fourth-order valence-corrected chi connectivity index (χ4v) is 3.85. The van der Waals surface area contributed by atoms with E-state index in [9.17, 15) is 9.59 Å². The van der Waals surface area contributed by atoms with Crippen molar-refractivity contribution in [2.45, 2.75) is 33.1 Å². The first-order valence-corrected chi connectivity index (χ1v) is 10.1. The van der Waals surface area contributed by atoms with E-state index in [1.807, 2.05) is 43.3 Å². The SMILES string of the molecule is Cc1ccc(/C=C2\SC(=S)N(NC(=O)c3ccc(C(C)(C)C)cc3)C2=O)cc1. The molecule has 0 aliphatic carbocycles. The third kappa shape index (κ3) is 4.51. The molecule has 2 aromatic rings. The Balaban J connectivity index is 1.73. The lowest BCUT2D eigenvalue weighted by Gasteiger charge is -2.19. The lowest BCUT2D eigenvalue weighted by molar-refractivity contribution is -0.123. The van der Waals surface area contributed by atoms with Gasteiger partial charge in [0.2, 0.25) is 0 Å². The molecule has 144 valence electrons. The Morgan fingerprint density at radius 2 is 1.68 bits per heavy atom. The van der Waals surface area contributed by atoms with Crippen molar-refractivity contribution in [1.82, 2.24) is 10.4 Å². The van der Waals surface area contributed by atoms with Crippen LogP contribution in [0.5, 0.6) is 0 Å². The summed E-state index contributed by atoms with van der Waals surface area (Å²) in [7, 11) is 0. The van der Waals surface area contributed by atoms with Gasteiger partial charge in [-0.3, -0.25) is 15.0 Å². The molecule has 0 bridgehead atoms. The van der Waals surface area contributed by atoms with Gasteiger partial charge in [0, 0.05) is 5.56 Å². The third-order valence-corrected chi connectivity index (χ3v) is 5.70. The fraction of sp³-hybridized carbons (Fsp3) is 0.227. The van der Waals surface area contributed by atoms with E-state index in [-0.39, 0.29) is 17.2 Å². The average molecular weight is 411 g/mol. The monoisotopic (exact) mass is 410 g/mol. The second kappa shape index (κ2) is 7.89. The molecule has 3 rings (SSSR count). The number of benzene rings is 2. The number of rotatable bonds is 3. The van der Waals surface area contributed by atoms with Gasteiger partial charge in [-0.15, -0.1) is 0 Å². The molecule has 0 radical (unpaired) electrons. The number of hydrazine groups is 1. The number of thioether (sulfide) groups is 1. The number of amides is 2. The van der Waals surface area contributed by atoms with Crippen LogP contribution in [-0.4, -0.2) is 21.1 Å². The van der Waals surface area contributed by atoms with Gasteiger partial charge in [0.25, 0.3) is 11.8 Å². The maximum absolute atomic E-state index is 12.7. The van der Waals surface area contributed by atoms with Gasteiger partial charge in [0.05, 0.1) is 4.91 Å². The van der Waals surface area contributed by atoms with Gasteiger partial charge in [0.1, 0.15) is 0 Å². The predicted molar refractivity (Wildman–Crippen MR) is 119 cm³/mol. The molecule has 28 heavy (non-hydrogen) atoms. The Morgan fingerprint density at radius 3 is 2.25 bits per heavy atom. The van der Waals surface area contributed by atoms with Crippen LogP contribution >= 0.6 is 24.0 Å². The Hall–Kier alpha value is -2.44. The summed E-state index contributed by atoms with van der Waals surface area (Å²) in [5, 5.41) is 1.14. The molecule has 1 heterocycles. The summed E-state index contributed by atoms with van der Waals surface area (Å²) in [6, 6.07) is 15.2. The molecule has 0 spiro atoms. The molecule has 2 amide bonds. The van der Waals surface area contributed by atoms with E-state index in [1.165, 1.54) is 11.8 Å². The third-order valence-electron chi connectivity index (χ3n) is 4.40. The highest BCUT2D eigenvalue weighted by Gasteiger charge is 2.33. The molecule has 0 atom stereocenters. The minimum atomic E-state index is -0.367. The van der Waals surface area contributed by atoms with E-state index in [1.54, 1.807) is 18.2 Å². The second-order valence-corrected chi connectivity index (χ2v) is 9.37. The largest absolute Gasteiger partial charge is 0.285 e. The zero-order chi connectivity index (χ0) is 20.5. The van der Waals surface area contributed by atoms with E-state index < -0.39 is 0 Å². The predicted octanol–water partition coefficient (Wildman–Crippen LogP) is 4.84. The van der Waals surface area contributed by atoms with Gasteiger partial charge in [-0.25, -0.2) is 0 Å². The molecular formula is C22H22N2O2S2. The van der Waals surface area contributed by atoms with Gasteiger partial charge in [-0.1, -0.05) is 74.5 Å². The molecule has 0 saturated carbocycles. The van der Waals surface area contributed by atoms with Crippen molar-refractivity contribution in [1.29, 1.82) is 0 Å². The highest BCUT2D eigenvalue weighted by atomic mass is 32.2. The fourth-order valence-electron chi connectivity index (χ4n) is 2.67. The minimum Gasteiger partial charge on any atom is -0.267 e. The summed E-state index contributed by atoms with van der Waals surface area (Å²) < 4.78 is 0.308. The Morgan fingerprint density at radius 1 is 1.07 bits per heavy atom. The van der Waals surface area contributed by atoms with E-state index >= 15 is 0 Å². The number of hydrogen-bond acceptors (Lipinski definition) is 4. The summed E-state index contributed by atoms with van der Waals surface area (Å²) in [5.74, 6) is -0.691. The number of carbonyl (C=O) groups excluding carboxylic acids is 2. The van der Waals surface area contributed by atoms with E-state index in [2.05, 4.69) is 26.2 Å². The van der Waals surface area contributed by atoms with Gasteiger partial charge in [0.15, 0.2) is 4.32 Å². The Labute approximate surface area is 175 Å². The van der Waals surface area contributed by atoms with Gasteiger partial charge in [-0.2, -0.15) is 5.01 Å². The maximum atomic E-state index is 12.7. The van der Waals surface area contributed by atoms with E-state index in [0.29, 0.717) is 14.8 Å². The van der Waals surface area contributed by atoms with Crippen LogP contribution in [0.15, 0.2) is 53.4 Å². The normalized spacial score (nSPS) is 16.0. The van der Waals surface area contributed by atoms with Crippen LogP contribution in [0, 0.1) is 6.92 Å². The number of carbonyl (C=O) groups is 2. The van der Waals surface area contributed by atoms with Crippen LogP contribution in [0.3, 0.4) is 0 Å². The van der Waals surface area contributed by atoms with E-state index in [4.69, 9.17) is 12.2 Å². The summed E-state index contributed by atoms with van der Waals surface area (Å²) >= 11 is 6.46. The highest BCUT2D eigenvalue weighted by molar-refractivity contribution is 8.26. The molecule has 2 aromatic carbocycles. The van der Waals surface area contributed by atoms with E-state index in [0.717, 1.165) is 21.7 Å². The molecule has 1 aliphatic heterocycles. The lowest BCUT2D eigenvalue weighted by Crippen LogP contribution is -2.44. The number of thiocarbonyl (C=S) groups is 1. The first-order valence-electron chi connectivity index (χ1n) is 8.91. The van der Waals surface area contributed by atoms with Crippen molar-refractivity contribution >= 4 is 46.2 Å². The standard InChI is InChI=1S/C22H22N2O2S2/c1-14-5-7-15(8-6-14)13-18-20(26)24(21(27)28-18)23-19(25)16-9-11-17(12-10-16)22(2,3)4/h5-13H,1-4H3,(H,23,25)/b18-13-.